The van der Waals surface area contributed by atoms with Crippen LogP contribution in [0.25, 0.3) is 0 Å². The van der Waals surface area contributed by atoms with Crippen molar-refractivity contribution in [1.82, 2.24) is 5.32 Å². The number of halogens is 4. The zero-order chi connectivity index (χ0) is 14.5. The Morgan fingerprint density at radius 1 is 1.42 bits per heavy atom. The highest BCUT2D eigenvalue weighted by molar-refractivity contribution is 9.10. The molecule has 19 heavy (non-hydrogen) atoms. The van der Waals surface area contributed by atoms with E-state index in [1.807, 2.05) is 0 Å². The zero-order valence-electron chi connectivity index (χ0n) is 10.2. The van der Waals surface area contributed by atoms with Gasteiger partial charge >= 0.3 is 6.18 Å². The van der Waals surface area contributed by atoms with Crippen LogP contribution < -0.4 is 5.32 Å². The van der Waals surface area contributed by atoms with Crippen molar-refractivity contribution >= 4 is 21.8 Å². The van der Waals surface area contributed by atoms with E-state index in [9.17, 15) is 18.0 Å². The van der Waals surface area contributed by atoms with Gasteiger partial charge in [0.2, 0.25) is 0 Å². The molecule has 0 radical (unpaired) electrons. The summed E-state index contributed by atoms with van der Waals surface area (Å²) in [7, 11) is 1.53. The van der Waals surface area contributed by atoms with Crippen molar-refractivity contribution in [2.24, 2.45) is 0 Å². The van der Waals surface area contributed by atoms with Gasteiger partial charge in [0.15, 0.2) is 0 Å². The van der Waals surface area contributed by atoms with Crippen LogP contribution in [-0.2, 0) is 10.9 Å². The fourth-order valence-corrected chi connectivity index (χ4v) is 1.82. The molecular weight excluding hydrogens is 327 g/mol. The summed E-state index contributed by atoms with van der Waals surface area (Å²) in [6, 6.07) is 2.97. The van der Waals surface area contributed by atoms with Crippen LogP contribution >= 0.6 is 15.9 Å². The van der Waals surface area contributed by atoms with Crippen LogP contribution in [0.2, 0.25) is 0 Å². The number of carbonyl (C=O) groups is 1. The third-order valence-electron chi connectivity index (χ3n) is 2.35. The molecule has 0 unspecified atom stereocenters. The summed E-state index contributed by atoms with van der Waals surface area (Å²) in [5.41, 5.74) is -0.884. The summed E-state index contributed by atoms with van der Waals surface area (Å²) in [5, 5.41) is 2.54. The van der Waals surface area contributed by atoms with Gasteiger partial charge in [0.1, 0.15) is 0 Å². The van der Waals surface area contributed by atoms with E-state index in [0.717, 1.165) is 12.1 Å². The van der Waals surface area contributed by atoms with Crippen molar-refractivity contribution in [3.63, 3.8) is 0 Å². The van der Waals surface area contributed by atoms with Crippen molar-refractivity contribution in [1.29, 1.82) is 0 Å². The zero-order valence-corrected chi connectivity index (χ0v) is 11.8. The molecule has 0 spiro atoms. The number of methoxy groups -OCH3 is 1. The molecule has 106 valence electrons. The van der Waals surface area contributed by atoms with E-state index in [0.29, 0.717) is 24.0 Å². The highest BCUT2D eigenvalue weighted by Gasteiger charge is 2.31. The van der Waals surface area contributed by atoms with E-state index in [-0.39, 0.29) is 5.56 Å². The molecule has 1 aromatic rings. The molecule has 0 saturated heterocycles. The molecule has 0 atom stereocenters. The van der Waals surface area contributed by atoms with Gasteiger partial charge < -0.3 is 10.1 Å². The van der Waals surface area contributed by atoms with E-state index in [4.69, 9.17) is 4.74 Å². The van der Waals surface area contributed by atoms with Gasteiger partial charge in [-0.05, 0) is 40.5 Å². The van der Waals surface area contributed by atoms with Crippen LogP contribution in [0, 0.1) is 0 Å². The predicted octanol–water partition coefficient (Wildman–Crippen LogP) is 3.23. The van der Waals surface area contributed by atoms with Crippen molar-refractivity contribution in [3.8, 4) is 0 Å². The average molecular weight is 340 g/mol. The number of hydrogen-bond acceptors (Lipinski definition) is 2. The van der Waals surface area contributed by atoms with Gasteiger partial charge in [0.05, 0.1) is 11.1 Å². The number of hydrogen-bond donors (Lipinski definition) is 1. The van der Waals surface area contributed by atoms with E-state index in [1.54, 1.807) is 0 Å². The number of rotatable bonds is 5. The summed E-state index contributed by atoms with van der Waals surface area (Å²) in [6.45, 7) is 0.819. The Bertz CT molecular complexity index is 449. The molecule has 1 amide bonds. The lowest BCUT2D eigenvalue weighted by Crippen LogP contribution is -2.26. The highest BCUT2D eigenvalue weighted by Crippen LogP contribution is 2.31. The minimum absolute atomic E-state index is 0.0350. The first-order valence-electron chi connectivity index (χ1n) is 5.50. The molecule has 0 aromatic heterocycles. The van der Waals surface area contributed by atoms with Crippen LogP contribution in [0.4, 0.5) is 13.2 Å². The summed E-state index contributed by atoms with van der Waals surface area (Å²) in [5.74, 6) is -0.547. The van der Waals surface area contributed by atoms with Crippen molar-refractivity contribution in [2.75, 3.05) is 20.3 Å². The van der Waals surface area contributed by atoms with Crippen LogP contribution in [-0.4, -0.2) is 26.2 Å². The molecule has 0 aliphatic rings. The van der Waals surface area contributed by atoms with E-state index < -0.39 is 17.6 Å². The summed E-state index contributed by atoms with van der Waals surface area (Å²) in [4.78, 5) is 11.8. The van der Waals surface area contributed by atoms with Crippen LogP contribution in [0.3, 0.4) is 0 Å². The molecule has 0 bridgehead atoms. The maximum Gasteiger partial charge on any atom is 0.416 e. The molecule has 0 fully saturated rings. The van der Waals surface area contributed by atoms with Crippen molar-refractivity contribution < 1.29 is 22.7 Å². The molecule has 1 rings (SSSR count). The van der Waals surface area contributed by atoms with Gasteiger partial charge in [0.25, 0.3) is 5.91 Å². The monoisotopic (exact) mass is 339 g/mol. The quantitative estimate of drug-likeness (QED) is 0.836. The van der Waals surface area contributed by atoms with E-state index >= 15 is 0 Å². The van der Waals surface area contributed by atoms with Crippen LogP contribution in [0.15, 0.2) is 22.7 Å². The lowest BCUT2D eigenvalue weighted by Gasteiger charge is -2.11. The predicted molar refractivity (Wildman–Crippen MR) is 68.0 cm³/mol. The Morgan fingerprint density at radius 2 is 2.11 bits per heavy atom. The molecule has 3 nitrogen and oxygen atoms in total. The second kappa shape index (κ2) is 6.91. The second-order valence-corrected chi connectivity index (χ2v) is 4.65. The fraction of sp³-hybridized carbons (Fsp3) is 0.417. The van der Waals surface area contributed by atoms with E-state index in [2.05, 4.69) is 21.2 Å². The average Bonchev–Trinajstić information content (AvgIpc) is 2.33. The minimum Gasteiger partial charge on any atom is -0.385 e. The third kappa shape index (κ3) is 4.83. The molecule has 0 saturated carbocycles. The number of nitrogens with one attached hydrogen (secondary N) is 1. The van der Waals surface area contributed by atoms with Crippen molar-refractivity contribution in [3.05, 3.63) is 33.8 Å². The standard InChI is InChI=1S/C12H13BrF3NO2/c1-19-6-2-5-17-11(18)9-7-8(12(14,15)16)3-4-10(9)13/h3-4,7H,2,5-6H2,1H3,(H,17,18). The third-order valence-corrected chi connectivity index (χ3v) is 3.04. The van der Waals surface area contributed by atoms with Crippen LogP contribution in [0.1, 0.15) is 22.3 Å². The molecule has 1 N–H and O–H groups in total. The number of benzene rings is 1. The fourth-order valence-electron chi connectivity index (χ4n) is 1.39. The first kappa shape index (κ1) is 16.0. The number of amides is 1. The number of ether oxygens (including phenoxy) is 1. The molecule has 0 heterocycles. The maximum absolute atomic E-state index is 12.6. The van der Waals surface area contributed by atoms with Gasteiger partial charge in [-0.25, -0.2) is 0 Å². The Morgan fingerprint density at radius 3 is 2.68 bits per heavy atom. The molecule has 0 aliphatic heterocycles. The Labute approximate surface area is 117 Å². The second-order valence-electron chi connectivity index (χ2n) is 3.79. The largest absolute Gasteiger partial charge is 0.416 e. The Hall–Kier alpha value is -1.08. The van der Waals surface area contributed by atoms with Crippen molar-refractivity contribution in [2.45, 2.75) is 12.6 Å². The maximum atomic E-state index is 12.6. The first-order valence-corrected chi connectivity index (χ1v) is 6.29. The smallest absolute Gasteiger partial charge is 0.385 e. The lowest BCUT2D eigenvalue weighted by molar-refractivity contribution is -0.137. The minimum atomic E-state index is -4.47. The molecule has 1 aromatic carbocycles. The van der Waals surface area contributed by atoms with Gasteiger partial charge in [0, 0.05) is 24.7 Å². The number of carbonyl (C=O) groups excluding carboxylic acids is 1. The lowest BCUT2D eigenvalue weighted by atomic mass is 10.1. The van der Waals surface area contributed by atoms with Gasteiger partial charge in [-0.3, -0.25) is 4.79 Å². The molecule has 7 heteroatoms. The summed E-state index contributed by atoms with van der Waals surface area (Å²) >= 11 is 3.07. The Kier molecular flexibility index (Phi) is 5.81. The normalized spacial score (nSPS) is 11.4. The number of alkyl halides is 3. The summed E-state index contributed by atoms with van der Waals surface area (Å²) in [6.07, 6.45) is -3.87. The van der Waals surface area contributed by atoms with Gasteiger partial charge in [-0.15, -0.1) is 0 Å². The topological polar surface area (TPSA) is 38.3 Å². The summed E-state index contributed by atoms with van der Waals surface area (Å²) < 4.78 is 42.8. The highest BCUT2D eigenvalue weighted by atomic mass is 79.9. The van der Waals surface area contributed by atoms with Crippen LogP contribution in [0.5, 0.6) is 0 Å². The molecule has 0 aliphatic carbocycles. The SMILES string of the molecule is COCCCNC(=O)c1cc(C(F)(F)F)ccc1Br. The first-order chi connectivity index (χ1) is 8.86. The Balaban J connectivity index is 2.78. The van der Waals surface area contributed by atoms with Gasteiger partial charge in [-0.1, -0.05) is 0 Å². The van der Waals surface area contributed by atoms with E-state index in [1.165, 1.54) is 13.2 Å². The van der Waals surface area contributed by atoms with Gasteiger partial charge in [-0.2, -0.15) is 13.2 Å². The molecular formula is C12H13BrF3NO2.